The van der Waals surface area contributed by atoms with Crippen molar-refractivity contribution in [3.8, 4) is 0 Å². The van der Waals surface area contributed by atoms with E-state index in [0.717, 1.165) is 5.56 Å². The van der Waals surface area contributed by atoms with Gasteiger partial charge in [-0.15, -0.1) is 0 Å². The molecule has 0 aliphatic carbocycles. The van der Waals surface area contributed by atoms with Crippen molar-refractivity contribution >= 4 is 11.8 Å². The fourth-order valence-corrected chi connectivity index (χ4v) is 3.09. The lowest BCUT2D eigenvalue weighted by Gasteiger charge is -2.42. The number of hydrogen-bond donors (Lipinski definition) is 1. The van der Waals surface area contributed by atoms with Crippen LogP contribution in [0.4, 0.5) is 0 Å². The van der Waals surface area contributed by atoms with Gasteiger partial charge in [0.25, 0.3) is 5.91 Å². The smallest absolute Gasteiger partial charge is 0.253 e. The van der Waals surface area contributed by atoms with Crippen molar-refractivity contribution in [3.63, 3.8) is 0 Å². The Labute approximate surface area is 143 Å². The van der Waals surface area contributed by atoms with Gasteiger partial charge in [-0.05, 0) is 31.5 Å². The van der Waals surface area contributed by atoms with E-state index in [9.17, 15) is 9.59 Å². The molecule has 1 aromatic rings. The average molecular weight is 333 g/mol. The number of likely N-dealkylation sites (N-methyl/N-ethyl adjacent to an activating group) is 1. The second kappa shape index (κ2) is 8.26. The second-order valence-electron chi connectivity index (χ2n) is 6.34. The molecule has 6 heteroatoms. The molecular weight excluding hydrogens is 306 g/mol. The third-order valence-electron chi connectivity index (χ3n) is 4.43. The first-order valence-corrected chi connectivity index (χ1v) is 8.32. The van der Waals surface area contributed by atoms with Crippen molar-refractivity contribution in [2.75, 3.05) is 33.8 Å². The molecule has 132 valence electrons. The summed E-state index contributed by atoms with van der Waals surface area (Å²) in [5, 5.41) is 2.71. The van der Waals surface area contributed by atoms with E-state index in [1.54, 1.807) is 19.1 Å². The predicted molar refractivity (Wildman–Crippen MR) is 92.8 cm³/mol. The molecule has 1 saturated heterocycles. The molecule has 2 rings (SSSR count). The third kappa shape index (κ3) is 4.13. The normalized spacial score (nSPS) is 18.7. The maximum Gasteiger partial charge on any atom is 0.253 e. The maximum atomic E-state index is 12.7. The predicted octanol–water partition coefficient (Wildman–Crippen LogP) is 1.11. The summed E-state index contributed by atoms with van der Waals surface area (Å²) in [5.41, 5.74) is 1.67. The molecule has 1 aliphatic heterocycles. The van der Waals surface area contributed by atoms with Crippen LogP contribution in [0.3, 0.4) is 0 Å². The van der Waals surface area contributed by atoms with Crippen molar-refractivity contribution in [3.05, 3.63) is 35.4 Å². The number of hydrogen-bond acceptors (Lipinski definition) is 4. The van der Waals surface area contributed by atoms with E-state index in [1.165, 1.54) is 0 Å². The van der Waals surface area contributed by atoms with Crippen LogP contribution in [0.5, 0.6) is 0 Å². The zero-order chi connectivity index (χ0) is 17.7. The molecule has 0 aromatic heterocycles. The van der Waals surface area contributed by atoms with Gasteiger partial charge in [0.2, 0.25) is 5.91 Å². The Balaban J connectivity index is 2.11. The quantitative estimate of drug-likeness (QED) is 0.877. The van der Waals surface area contributed by atoms with Crippen molar-refractivity contribution in [2.24, 2.45) is 0 Å². The van der Waals surface area contributed by atoms with Crippen LogP contribution in [0, 0.1) is 0 Å². The number of piperazine rings is 1. The van der Waals surface area contributed by atoms with Crippen molar-refractivity contribution < 1.29 is 14.3 Å². The lowest BCUT2D eigenvalue weighted by molar-refractivity contribution is -0.128. The SMILES string of the molecule is CNC(=O)[C@@H]1CN(C(=O)c2ccc(COC)cc2)CCN1C(C)C. The van der Waals surface area contributed by atoms with E-state index in [2.05, 4.69) is 24.1 Å². The third-order valence-corrected chi connectivity index (χ3v) is 4.43. The molecule has 24 heavy (non-hydrogen) atoms. The fraction of sp³-hybridized carbons (Fsp3) is 0.556. The maximum absolute atomic E-state index is 12.7. The Kier molecular flexibility index (Phi) is 6.34. The van der Waals surface area contributed by atoms with Gasteiger partial charge in [0.05, 0.1) is 6.61 Å². The van der Waals surface area contributed by atoms with Gasteiger partial charge in [-0.2, -0.15) is 0 Å². The summed E-state index contributed by atoms with van der Waals surface area (Å²) < 4.78 is 5.09. The minimum Gasteiger partial charge on any atom is -0.380 e. The molecule has 1 heterocycles. The first-order chi connectivity index (χ1) is 11.5. The first-order valence-electron chi connectivity index (χ1n) is 8.32. The molecule has 0 bridgehead atoms. The molecule has 1 N–H and O–H groups in total. The monoisotopic (exact) mass is 333 g/mol. The van der Waals surface area contributed by atoms with E-state index < -0.39 is 0 Å². The number of carbonyl (C=O) groups excluding carboxylic acids is 2. The molecular formula is C18H27N3O3. The zero-order valence-electron chi connectivity index (χ0n) is 14.9. The lowest BCUT2D eigenvalue weighted by atomic mass is 10.1. The number of carbonyl (C=O) groups is 2. The van der Waals surface area contributed by atoms with Crippen LogP contribution in [-0.2, 0) is 16.1 Å². The van der Waals surface area contributed by atoms with Crippen LogP contribution in [0.15, 0.2) is 24.3 Å². The molecule has 1 atom stereocenters. The summed E-state index contributed by atoms with van der Waals surface area (Å²) >= 11 is 0. The Morgan fingerprint density at radius 3 is 2.46 bits per heavy atom. The molecule has 1 aromatic carbocycles. The summed E-state index contributed by atoms with van der Waals surface area (Å²) in [5.74, 6) is -0.0760. The minimum atomic E-state index is -0.305. The highest BCUT2D eigenvalue weighted by Crippen LogP contribution is 2.17. The van der Waals surface area contributed by atoms with Gasteiger partial charge in [0, 0.05) is 45.4 Å². The highest BCUT2D eigenvalue weighted by Gasteiger charge is 2.35. The first kappa shape index (κ1) is 18.4. The molecule has 0 radical (unpaired) electrons. The van der Waals surface area contributed by atoms with Gasteiger partial charge in [-0.3, -0.25) is 14.5 Å². The lowest BCUT2D eigenvalue weighted by Crippen LogP contribution is -2.61. The standard InChI is InChI=1S/C18H27N3O3/c1-13(2)21-10-9-20(11-16(21)17(22)19-3)18(23)15-7-5-14(6-8-15)12-24-4/h5-8,13,16H,9-12H2,1-4H3,(H,19,22)/t16-/m0/s1. The van der Waals surface area contributed by atoms with Crippen LogP contribution < -0.4 is 5.32 Å². The number of benzene rings is 1. The molecule has 1 fully saturated rings. The van der Waals surface area contributed by atoms with Gasteiger partial charge < -0.3 is 15.0 Å². The summed E-state index contributed by atoms with van der Waals surface area (Å²) in [6, 6.07) is 7.40. The number of nitrogens with zero attached hydrogens (tertiary/aromatic N) is 2. The summed E-state index contributed by atoms with van der Waals surface area (Å²) in [6.45, 7) is 6.41. The molecule has 0 saturated carbocycles. The Bertz CT molecular complexity index is 571. The Hall–Kier alpha value is -1.92. The number of amides is 2. The molecule has 0 unspecified atom stereocenters. The highest BCUT2D eigenvalue weighted by atomic mass is 16.5. The average Bonchev–Trinajstić information content (AvgIpc) is 2.60. The van der Waals surface area contributed by atoms with Crippen molar-refractivity contribution in [1.82, 2.24) is 15.1 Å². The van der Waals surface area contributed by atoms with Crippen molar-refractivity contribution in [2.45, 2.75) is 32.5 Å². The van der Waals surface area contributed by atoms with E-state index in [-0.39, 0.29) is 23.9 Å². The topological polar surface area (TPSA) is 61.9 Å². The number of nitrogens with one attached hydrogen (secondary N) is 1. The minimum absolute atomic E-state index is 0.0312. The number of methoxy groups -OCH3 is 1. The Morgan fingerprint density at radius 2 is 1.92 bits per heavy atom. The molecule has 6 nitrogen and oxygen atoms in total. The van der Waals surface area contributed by atoms with Gasteiger partial charge in [0.15, 0.2) is 0 Å². The van der Waals surface area contributed by atoms with Crippen LogP contribution in [0.25, 0.3) is 0 Å². The van der Waals surface area contributed by atoms with E-state index >= 15 is 0 Å². The van der Waals surface area contributed by atoms with E-state index in [0.29, 0.717) is 31.8 Å². The van der Waals surface area contributed by atoms with Gasteiger partial charge in [0.1, 0.15) is 6.04 Å². The van der Waals surface area contributed by atoms with Crippen LogP contribution in [0.2, 0.25) is 0 Å². The summed E-state index contributed by atoms with van der Waals surface area (Å²) in [7, 11) is 3.28. The summed E-state index contributed by atoms with van der Waals surface area (Å²) in [6.07, 6.45) is 0. The van der Waals surface area contributed by atoms with E-state index in [1.807, 2.05) is 24.3 Å². The fourth-order valence-electron chi connectivity index (χ4n) is 3.09. The van der Waals surface area contributed by atoms with Gasteiger partial charge >= 0.3 is 0 Å². The Morgan fingerprint density at radius 1 is 1.25 bits per heavy atom. The van der Waals surface area contributed by atoms with E-state index in [4.69, 9.17) is 4.74 Å². The second-order valence-corrected chi connectivity index (χ2v) is 6.34. The number of rotatable bonds is 5. The molecule has 1 aliphatic rings. The van der Waals surface area contributed by atoms with Gasteiger partial charge in [-0.1, -0.05) is 12.1 Å². The highest BCUT2D eigenvalue weighted by molar-refractivity contribution is 5.95. The zero-order valence-corrected chi connectivity index (χ0v) is 14.9. The number of ether oxygens (including phenoxy) is 1. The van der Waals surface area contributed by atoms with Crippen molar-refractivity contribution in [1.29, 1.82) is 0 Å². The van der Waals surface area contributed by atoms with Gasteiger partial charge in [-0.25, -0.2) is 0 Å². The van der Waals surface area contributed by atoms with Crippen LogP contribution >= 0.6 is 0 Å². The summed E-state index contributed by atoms with van der Waals surface area (Å²) in [4.78, 5) is 28.9. The van der Waals surface area contributed by atoms with Crippen LogP contribution in [0.1, 0.15) is 29.8 Å². The molecule has 2 amide bonds. The molecule has 0 spiro atoms. The largest absolute Gasteiger partial charge is 0.380 e. The van der Waals surface area contributed by atoms with Crippen LogP contribution in [-0.4, -0.2) is 67.5 Å².